The van der Waals surface area contributed by atoms with Gasteiger partial charge >= 0.3 is 6.08 Å². The van der Waals surface area contributed by atoms with E-state index in [9.17, 15) is 13.2 Å². The zero-order valence-electron chi connectivity index (χ0n) is 6.24. The summed E-state index contributed by atoms with van der Waals surface area (Å²) in [5, 5.41) is 2.35. The first-order valence-corrected chi connectivity index (χ1v) is 3.27. The van der Waals surface area contributed by atoms with Crippen LogP contribution in [-0.4, -0.2) is 16.5 Å². The highest BCUT2D eigenvalue weighted by Crippen LogP contribution is 2.11. The molecule has 0 atom stereocenters. The third-order valence-electron chi connectivity index (χ3n) is 1.13. The van der Waals surface area contributed by atoms with Gasteiger partial charge < -0.3 is 5.32 Å². The molecule has 0 fully saturated rings. The molecule has 0 amide bonds. The van der Waals surface area contributed by atoms with Crippen molar-refractivity contribution in [3.8, 4) is 0 Å². The van der Waals surface area contributed by atoms with Crippen LogP contribution in [0.15, 0.2) is 0 Å². The molecule has 3 nitrogen and oxygen atoms in total. The highest BCUT2D eigenvalue weighted by molar-refractivity contribution is 5.34. The summed E-state index contributed by atoms with van der Waals surface area (Å²) in [6.45, 7) is 1.98. The van der Waals surface area contributed by atoms with Crippen molar-refractivity contribution in [3.05, 3.63) is 17.8 Å². The lowest BCUT2D eigenvalue weighted by atomic mass is 10.5. The second-order valence-corrected chi connectivity index (χ2v) is 1.98. The summed E-state index contributed by atoms with van der Waals surface area (Å²) in [5.74, 6) is -3.21. The highest BCUT2D eigenvalue weighted by atomic mass is 19.2. The summed E-state index contributed by atoms with van der Waals surface area (Å²) in [6, 6.07) is 0. The number of aromatic nitrogens is 2. The molecule has 1 aromatic rings. The van der Waals surface area contributed by atoms with E-state index in [0.717, 1.165) is 0 Å². The van der Waals surface area contributed by atoms with Crippen molar-refractivity contribution in [2.45, 2.75) is 6.92 Å². The SMILES string of the molecule is CCNc1nc(F)nc(F)c1F. The van der Waals surface area contributed by atoms with Gasteiger partial charge in [-0.05, 0) is 6.92 Å². The molecule has 66 valence electrons. The molecule has 6 heteroatoms. The molecular weight excluding hydrogens is 171 g/mol. The van der Waals surface area contributed by atoms with Crippen LogP contribution in [0.4, 0.5) is 19.0 Å². The van der Waals surface area contributed by atoms with Crippen LogP contribution >= 0.6 is 0 Å². The lowest BCUT2D eigenvalue weighted by molar-refractivity contribution is 0.429. The van der Waals surface area contributed by atoms with Gasteiger partial charge in [-0.1, -0.05) is 0 Å². The Balaban J connectivity index is 3.09. The van der Waals surface area contributed by atoms with Gasteiger partial charge in [-0.15, -0.1) is 0 Å². The van der Waals surface area contributed by atoms with E-state index < -0.39 is 23.7 Å². The molecule has 0 aliphatic heterocycles. The molecule has 0 radical (unpaired) electrons. The molecule has 0 saturated heterocycles. The first-order valence-electron chi connectivity index (χ1n) is 3.27. The van der Waals surface area contributed by atoms with Crippen molar-refractivity contribution in [1.82, 2.24) is 9.97 Å². The summed E-state index contributed by atoms with van der Waals surface area (Å²) in [7, 11) is 0. The van der Waals surface area contributed by atoms with E-state index in [2.05, 4.69) is 15.3 Å². The fourth-order valence-electron chi connectivity index (χ4n) is 0.679. The molecule has 0 aromatic carbocycles. The van der Waals surface area contributed by atoms with Crippen molar-refractivity contribution in [1.29, 1.82) is 0 Å². The highest BCUT2D eigenvalue weighted by Gasteiger charge is 2.12. The van der Waals surface area contributed by atoms with Gasteiger partial charge in [0.2, 0.25) is 5.82 Å². The minimum absolute atomic E-state index is 0.326. The Morgan fingerprint density at radius 3 is 2.50 bits per heavy atom. The summed E-state index contributed by atoms with van der Waals surface area (Å²) in [4.78, 5) is 5.58. The summed E-state index contributed by atoms with van der Waals surface area (Å²) < 4.78 is 37.3. The molecule has 0 aliphatic rings. The van der Waals surface area contributed by atoms with Crippen molar-refractivity contribution in [2.24, 2.45) is 0 Å². The van der Waals surface area contributed by atoms with Gasteiger partial charge in [-0.25, -0.2) is 0 Å². The Morgan fingerprint density at radius 1 is 1.25 bits per heavy atom. The van der Waals surface area contributed by atoms with Crippen LogP contribution in [0.1, 0.15) is 6.92 Å². The van der Waals surface area contributed by atoms with Crippen LogP contribution in [-0.2, 0) is 0 Å². The Hall–Kier alpha value is -1.33. The zero-order valence-corrected chi connectivity index (χ0v) is 6.24. The Morgan fingerprint density at radius 2 is 1.92 bits per heavy atom. The van der Waals surface area contributed by atoms with Crippen molar-refractivity contribution in [2.75, 3.05) is 11.9 Å². The Kier molecular flexibility index (Phi) is 2.47. The second kappa shape index (κ2) is 3.38. The Labute approximate surface area is 66.6 Å². The van der Waals surface area contributed by atoms with Crippen LogP contribution in [0.25, 0.3) is 0 Å². The van der Waals surface area contributed by atoms with Crippen LogP contribution in [0, 0.1) is 17.8 Å². The van der Waals surface area contributed by atoms with Gasteiger partial charge in [-0.2, -0.15) is 23.1 Å². The fourth-order valence-corrected chi connectivity index (χ4v) is 0.679. The normalized spacial score (nSPS) is 10.0. The number of rotatable bonds is 2. The van der Waals surface area contributed by atoms with Gasteiger partial charge in [0, 0.05) is 6.54 Å². The van der Waals surface area contributed by atoms with Gasteiger partial charge in [0.15, 0.2) is 5.82 Å². The van der Waals surface area contributed by atoms with Crippen LogP contribution in [0.5, 0.6) is 0 Å². The van der Waals surface area contributed by atoms with E-state index >= 15 is 0 Å². The van der Waals surface area contributed by atoms with E-state index in [4.69, 9.17) is 0 Å². The molecule has 1 heterocycles. The third-order valence-corrected chi connectivity index (χ3v) is 1.13. The zero-order chi connectivity index (χ0) is 9.14. The smallest absolute Gasteiger partial charge is 0.313 e. The average Bonchev–Trinajstić information content (AvgIpc) is 2.00. The van der Waals surface area contributed by atoms with Crippen molar-refractivity contribution >= 4 is 5.82 Å². The fraction of sp³-hybridized carbons (Fsp3) is 0.333. The molecule has 1 rings (SSSR count). The van der Waals surface area contributed by atoms with Gasteiger partial charge in [0.25, 0.3) is 5.95 Å². The van der Waals surface area contributed by atoms with Gasteiger partial charge in [-0.3, -0.25) is 0 Å². The number of hydrogen-bond acceptors (Lipinski definition) is 3. The number of halogens is 3. The molecule has 12 heavy (non-hydrogen) atoms. The number of nitrogens with one attached hydrogen (secondary N) is 1. The molecule has 0 spiro atoms. The average molecular weight is 177 g/mol. The minimum Gasteiger partial charge on any atom is -0.368 e. The van der Waals surface area contributed by atoms with Crippen LogP contribution in [0.3, 0.4) is 0 Å². The summed E-state index contributed by atoms with van der Waals surface area (Å²) >= 11 is 0. The quantitative estimate of drug-likeness (QED) is 0.547. The molecular formula is C6H6F3N3. The van der Waals surface area contributed by atoms with Crippen LogP contribution in [0.2, 0.25) is 0 Å². The predicted molar refractivity (Wildman–Crippen MR) is 36.1 cm³/mol. The standard InChI is InChI=1S/C6H6F3N3/c1-2-10-5-3(7)4(8)11-6(9)12-5/h2H2,1H3,(H,10,11,12). The second-order valence-electron chi connectivity index (χ2n) is 1.98. The number of nitrogens with zero attached hydrogens (tertiary/aromatic N) is 2. The number of hydrogen-bond donors (Lipinski definition) is 1. The maximum atomic E-state index is 12.6. The first kappa shape index (κ1) is 8.76. The van der Waals surface area contributed by atoms with Crippen molar-refractivity contribution in [3.63, 3.8) is 0 Å². The molecule has 0 unspecified atom stereocenters. The monoisotopic (exact) mass is 177 g/mol. The molecule has 1 N–H and O–H groups in total. The van der Waals surface area contributed by atoms with E-state index in [1.165, 1.54) is 0 Å². The number of anilines is 1. The molecule has 0 aliphatic carbocycles. The van der Waals surface area contributed by atoms with Crippen LogP contribution < -0.4 is 5.32 Å². The van der Waals surface area contributed by atoms with E-state index in [0.29, 0.717) is 6.54 Å². The summed E-state index contributed by atoms with van der Waals surface area (Å²) in [6.07, 6.45) is -1.29. The lowest BCUT2D eigenvalue weighted by Gasteiger charge is -2.02. The van der Waals surface area contributed by atoms with E-state index in [1.54, 1.807) is 6.92 Å². The lowest BCUT2D eigenvalue weighted by Crippen LogP contribution is -2.07. The third kappa shape index (κ3) is 1.63. The first-order chi connectivity index (χ1) is 5.65. The summed E-state index contributed by atoms with van der Waals surface area (Å²) in [5.41, 5.74) is 0. The largest absolute Gasteiger partial charge is 0.368 e. The maximum absolute atomic E-state index is 12.6. The van der Waals surface area contributed by atoms with Gasteiger partial charge in [0.05, 0.1) is 0 Å². The van der Waals surface area contributed by atoms with E-state index in [1.807, 2.05) is 0 Å². The molecule has 0 bridgehead atoms. The van der Waals surface area contributed by atoms with Crippen molar-refractivity contribution < 1.29 is 13.2 Å². The molecule has 1 aromatic heterocycles. The minimum atomic E-state index is -1.49. The van der Waals surface area contributed by atoms with Gasteiger partial charge in [0.1, 0.15) is 0 Å². The topological polar surface area (TPSA) is 37.8 Å². The van der Waals surface area contributed by atoms with E-state index in [-0.39, 0.29) is 0 Å². The molecule has 0 saturated carbocycles. The Bertz CT molecular complexity index is 290. The predicted octanol–water partition coefficient (Wildman–Crippen LogP) is 1.33. The maximum Gasteiger partial charge on any atom is 0.313 e.